The monoisotopic (exact) mass is 374 g/mol. The summed E-state index contributed by atoms with van der Waals surface area (Å²) < 4.78 is 1.19. The summed E-state index contributed by atoms with van der Waals surface area (Å²) in [6, 6.07) is 18.7. The van der Waals surface area contributed by atoms with Crippen LogP contribution in [0.15, 0.2) is 71.5 Å². The minimum atomic E-state index is -0.422. The van der Waals surface area contributed by atoms with Gasteiger partial charge in [0.25, 0.3) is 11.5 Å². The van der Waals surface area contributed by atoms with E-state index in [1.807, 2.05) is 6.07 Å². The van der Waals surface area contributed by atoms with Gasteiger partial charge in [-0.3, -0.25) is 14.4 Å². The molecule has 3 aromatic rings. The van der Waals surface area contributed by atoms with Crippen molar-refractivity contribution in [1.29, 1.82) is 0 Å². The van der Waals surface area contributed by atoms with Crippen LogP contribution in [0.5, 0.6) is 0 Å². The molecule has 0 unspecified atom stereocenters. The van der Waals surface area contributed by atoms with Crippen molar-refractivity contribution in [3.8, 4) is 5.69 Å². The van der Waals surface area contributed by atoms with Gasteiger partial charge in [0.05, 0.1) is 5.69 Å². The van der Waals surface area contributed by atoms with Gasteiger partial charge in [-0.05, 0) is 48.9 Å². The van der Waals surface area contributed by atoms with E-state index in [2.05, 4.69) is 10.4 Å². The van der Waals surface area contributed by atoms with Crippen LogP contribution in [0.3, 0.4) is 0 Å². The number of carbonyl (C=O) groups is 2. The van der Waals surface area contributed by atoms with E-state index < -0.39 is 5.91 Å². The number of anilines is 2. The van der Waals surface area contributed by atoms with Crippen LogP contribution in [0.4, 0.5) is 11.4 Å². The average Bonchev–Trinajstić information content (AvgIpc) is 3.15. The minimum Gasteiger partial charge on any atom is -0.321 e. The molecule has 7 nitrogen and oxygen atoms in total. The van der Waals surface area contributed by atoms with Crippen LogP contribution in [0.25, 0.3) is 5.69 Å². The first-order chi connectivity index (χ1) is 13.6. The van der Waals surface area contributed by atoms with E-state index in [4.69, 9.17) is 0 Å². The highest BCUT2D eigenvalue weighted by molar-refractivity contribution is 6.03. The molecule has 0 spiro atoms. The van der Waals surface area contributed by atoms with Crippen molar-refractivity contribution in [2.45, 2.75) is 12.8 Å². The average molecular weight is 374 g/mol. The van der Waals surface area contributed by atoms with E-state index in [1.54, 1.807) is 53.4 Å². The summed E-state index contributed by atoms with van der Waals surface area (Å²) in [6.07, 6.45) is 1.43. The number of hydrogen-bond acceptors (Lipinski definition) is 4. The first-order valence-corrected chi connectivity index (χ1v) is 8.99. The fourth-order valence-corrected chi connectivity index (χ4v) is 3.13. The number of nitrogens with one attached hydrogen (secondary N) is 1. The van der Waals surface area contributed by atoms with Crippen LogP contribution in [0, 0.1) is 0 Å². The maximum absolute atomic E-state index is 12.5. The highest BCUT2D eigenvalue weighted by atomic mass is 16.2. The van der Waals surface area contributed by atoms with Gasteiger partial charge >= 0.3 is 0 Å². The highest BCUT2D eigenvalue weighted by Gasteiger charge is 2.21. The van der Waals surface area contributed by atoms with Gasteiger partial charge in [-0.1, -0.05) is 18.2 Å². The van der Waals surface area contributed by atoms with E-state index in [0.717, 1.165) is 18.7 Å². The molecule has 7 heteroatoms. The van der Waals surface area contributed by atoms with E-state index in [9.17, 15) is 14.4 Å². The van der Waals surface area contributed by atoms with E-state index in [-0.39, 0.29) is 17.2 Å². The molecule has 4 rings (SSSR count). The van der Waals surface area contributed by atoms with Crippen LogP contribution in [0.1, 0.15) is 23.3 Å². The van der Waals surface area contributed by atoms with Crippen molar-refractivity contribution in [3.05, 3.63) is 82.8 Å². The lowest BCUT2D eigenvalue weighted by Gasteiger charge is -2.16. The Morgan fingerprint density at radius 1 is 0.893 bits per heavy atom. The number of amides is 2. The van der Waals surface area contributed by atoms with Crippen molar-refractivity contribution < 1.29 is 9.59 Å². The second-order valence-corrected chi connectivity index (χ2v) is 6.45. The third-order valence-corrected chi connectivity index (χ3v) is 4.54. The number of benzene rings is 2. The Bertz CT molecular complexity index is 1070. The quantitative estimate of drug-likeness (QED) is 0.761. The molecule has 0 radical (unpaired) electrons. The Hall–Kier alpha value is -3.74. The first-order valence-electron chi connectivity index (χ1n) is 8.99. The normalized spacial score (nSPS) is 13.6. The number of nitrogens with zero attached hydrogens (tertiary/aromatic N) is 3. The van der Waals surface area contributed by atoms with Gasteiger partial charge in [-0.2, -0.15) is 9.78 Å². The summed E-state index contributed by atoms with van der Waals surface area (Å²) in [6.45, 7) is 0.718. The van der Waals surface area contributed by atoms with E-state index >= 15 is 0 Å². The third-order valence-electron chi connectivity index (χ3n) is 4.54. The van der Waals surface area contributed by atoms with E-state index in [0.29, 0.717) is 17.8 Å². The molecule has 1 aliphatic rings. The third kappa shape index (κ3) is 3.55. The van der Waals surface area contributed by atoms with Crippen molar-refractivity contribution >= 4 is 23.2 Å². The van der Waals surface area contributed by atoms with Crippen LogP contribution < -0.4 is 15.8 Å². The van der Waals surface area contributed by atoms with Crippen LogP contribution in [-0.2, 0) is 4.79 Å². The summed E-state index contributed by atoms with van der Waals surface area (Å²) in [5.41, 5.74) is 1.79. The van der Waals surface area contributed by atoms with E-state index in [1.165, 1.54) is 16.8 Å². The van der Waals surface area contributed by atoms with Crippen molar-refractivity contribution in [2.75, 3.05) is 16.8 Å². The molecule has 0 aliphatic carbocycles. The SMILES string of the molecule is O=C(Nc1ccc(N2CCCC2=O)cc1)c1ccc(=O)n(-c2ccccc2)n1. The summed E-state index contributed by atoms with van der Waals surface area (Å²) >= 11 is 0. The molecular weight excluding hydrogens is 356 g/mol. The first kappa shape index (κ1) is 17.7. The molecule has 0 saturated carbocycles. The van der Waals surface area contributed by atoms with Gasteiger partial charge in [-0.25, -0.2) is 0 Å². The fraction of sp³-hybridized carbons (Fsp3) is 0.143. The zero-order chi connectivity index (χ0) is 19.5. The molecule has 0 atom stereocenters. The Labute approximate surface area is 161 Å². The summed E-state index contributed by atoms with van der Waals surface area (Å²) in [5.74, 6) is -0.307. The molecule has 28 heavy (non-hydrogen) atoms. The fourth-order valence-electron chi connectivity index (χ4n) is 3.13. The lowest BCUT2D eigenvalue weighted by atomic mass is 10.2. The molecule has 2 heterocycles. The number of hydrogen-bond donors (Lipinski definition) is 1. The maximum atomic E-state index is 12.5. The van der Waals surface area contributed by atoms with Crippen molar-refractivity contribution in [2.24, 2.45) is 0 Å². The smallest absolute Gasteiger partial charge is 0.276 e. The molecule has 2 amide bonds. The Morgan fingerprint density at radius 3 is 2.32 bits per heavy atom. The summed E-state index contributed by atoms with van der Waals surface area (Å²) in [5, 5.41) is 6.93. The molecule has 1 aliphatic heterocycles. The molecule has 1 N–H and O–H groups in total. The van der Waals surface area contributed by atoms with Gasteiger partial charge < -0.3 is 10.2 Å². The zero-order valence-corrected chi connectivity index (χ0v) is 15.0. The van der Waals surface area contributed by atoms with Crippen molar-refractivity contribution in [1.82, 2.24) is 9.78 Å². The van der Waals surface area contributed by atoms with Gasteiger partial charge in [-0.15, -0.1) is 0 Å². The Kier molecular flexibility index (Phi) is 4.72. The predicted molar refractivity (Wildman–Crippen MR) is 106 cm³/mol. The second-order valence-electron chi connectivity index (χ2n) is 6.45. The minimum absolute atomic E-state index is 0.115. The van der Waals surface area contributed by atoms with Crippen molar-refractivity contribution in [3.63, 3.8) is 0 Å². The highest BCUT2D eigenvalue weighted by Crippen LogP contribution is 2.23. The van der Waals surface area contributed by atoms with Crippen LogP contribution in [0.2, 0.25) is 0 Å². The van der Waals surface area contributed by atoms with Gasteiger partial charge in [0.15, 0.2) is 0 Å². The zero-order valence-electron chi connectivity index (χ0n) is 15.0. The topological polar surface area (TPSA) is 84.3 Å². The second kappa shape index (κ2) is 7.48. The molecule has 1 saturated heterocycles. The van der Waals surface area contributed by atoms with Crippen LogP contribution in [-0.4, -0.2) is 28.1 Å². The Balaban J connectivity index is 1.52. The summed E-state index contributed by atoms with van der Waals surface area (Å²) in [4.78, 5) is 38.2. The molecule has 1 aromatic heterocycles. The number of carbonyl (C=O) groups excluding carboxylic acids is 2. The Morgan fingerprint density at radius 2 is 1.64 bits per heavy atom. The lowest BCUT2D eigenvalue weighted by molar-refractivity contribution is -0.117. The molecule has 2 aromatic carbocycles. The summed E-state index contributed by atoms with van der Waals surface area (Å²) in [7, 11) is 0. The van der Waals surface area contributed by atoms with Gasteiger partial charge in [0.1, 0.15) is 5.69 Å². The van der Waals surface area contributed by atoms with Crippen LogP contribution >= 0.6 is 0 Å². The maximum Gasteiger partial charge on any atom is 0.276 e. The molecule has 0 bridgehead atoms. The predicted octanol–water partition coefficient (Wildman–Crippen LogP) is 2.61. The molecular formula is C21H18N4O3. The standard InChI is InChI=1S/C21H18N4O3/c26-19-7-4-14-24(19)16-10-8-15(9-11-16)22-21(28)18-12-13-20(27)25(23-18)17-5-2-1-3-6-17/h1-3,5-6,8-13H,4,7,14H2,(H,22,28). The molecule has 140 valence electrons. The lowest BCUT2D eigenvalue weighted by Crippen LogP contribution is -2.25. The van der Waals surface area contributed by atoms with Gasteiger partial charge in [0, 0.05) is 30.4 Å². The number of para-hydroxylation sites is 1. The number of aromatic nitrogens is 2. The largest absolute Gasteiger partial charge is 0.321 e. The number of rotatable bonds is 4. The van der Waals surface area contributed by atoms with Gasteiger partial charge in [0.2, 0.25) is 5.91 Å². The molecule has 1 fully saturated rings.